The fraction of sp³-hybridized carbons (Fsp3) is 0.0909. The second-order valence-electron chi connectivity index (χ2n) is 6.17. The van der Waals surface area contributed by atoms with Crippen LogP contribution in [0.4, 0.5) is 0 Å². The van der Waals surface area contributed by atoms with Crippen LogP contribution in [-0.2, 0) is 23.4 Å². The highest BCUT2D eigenvalue weighted by molar-refractivity contribution is 7.75. The van der Waals surface area contributed by atoms with Gasteiger partial charge in [-0.2, -0.15) is 0 Å². The molecule has 0 saturated carbocycles. The van der Waals surface area contributed by atoms with Crippen LogP contribution in [0.5, 0.6) is 0 Å². The molecule has 1 atom stereocenters. The van der Waals surface area contributed by atoms with Crippen LogP contribution < -0.4 is 0 Å². The first kappa shape index (κ1) is 20.0. The van der Waals surface area contributed by atoms with Gasteiger partial charge in [-0.25, -0.2) is 4.79 Å². The molecular formula is C22H18O4S2. The number of rotatable bonds is 6. The van der Waals surface area contributed by atoms with Gasteiger partial charge in [-0.15, -0.1) is 0 Å². The Bertz CT molecular complexity index is 891. The summed E-state index contributed by atoms with van der Waals surface area (Å²) in [5.41, 5.74) is 0.222. The van der Waals surface area contributed by atoms with E-state index < -0.39 is 23.3 Å². The van der Waals surface area contributed by atoms with Gasteiger partial charge in [-0.05, 0) is 16.7 Å². The van der Waals surface area contributed by atoms with Crippen LogP contribution in [0.3, 0.4) is 0 Å². The molecular weight excluding hydrogens is 392 g/mol. The summed E-state index contributed by atoms with van der Waals surface area (Å²) < 4.78 is 9.78. The van der Waals surface area contributed by atoms with Gasteiger partial charge in [0.1, 0.15) is 11.3 Å². The Morgan fingerprint density at radius 3 is 1.50 bits per heavy atom. The molecule has 0 amide bonds. The number of hydrogen-bond donors (Lipinski definition) is 2. The molecule has 0 saturated heterocycles. The van der Waals surface area contributed by atoms with E-state index in [1.807, 2.05) is 18.2 Å². The lowest BCUT2D eigenvalue weighted by Crippen LogP contribution is -2.46. The molecule has 0 heterocycles. The lowest BCUT2D eigenvalue weighted by atomic mass is 9.63. The van der Waals surface area contributed by atoms with Crippen LogP contribution in [0, 0.1) is 0 Å². The maximum Gasteiger partial charge on any atom is 0.334 e. The number of thiol groups is 2. The van der Waals surface area contributed by atoms with Crippen LogP contribution in [-0.4, -0.2) is 11.9 Å². The van der Waals surface area contributed by atoms with E-state index in [2.05, 4.69) is 25.8 Å². The third kappa shape index (κ3) is 3.53. The molecule has 4 nitrogen and oxygen atoms in total. The van der Waals surface area contributed by atoms with Gasteiger partial charge in [0.2, 0.25) is 0 Å². The highest BCUT2D eigenvalue weighted by atomic mass is 32.1. The number of carbonyl (C=O) groups excluding carboxylic acids is 2. The second kappa shape index (κ2) is 8.99. The van der Waals surface area contributed by atoms with Crippen molar-refractivity contribution in [3.05, 3.63) is 108 Å². The maximum atomic E-state index is 13.3. The molecule has 0 aromatic heterocycles. The van der Waals surface area contributed by atoms with Gasteiger partial charge in [-0.3, -0.25) is 4.79 Å². The number of benzene rings is 3. The summed E-state index contributed by atoms with van der Waals surface area (Å²) in [6, 6.07) is 26.9. The highest BCUT2D eigenvalue weighted by Gasteiger charge is 2.54. The van der Waals surface area contributed by atoms with Crippen molar-refractivity contribution in [2.45, 2.75) is 11.3 Å². The van der Waals surface area contributed by atoms with E-state index in [0.717, 1.165) is 0 Å². The average Bonchev–Trinajstić information content (AvgIpc) is 2.78. The Morgan fingerprint density at radius 1 is 0.679 bits per heavy atom. The molecule has 6 heteroatoms. The van der Waals surface area contributed by atoms with E-state index in [0.29, 0.717) is 16.7 Å². The van der Waals surface area contributed by atoms with E-state index >= 15 is 0 Å². The van der Waals surface area contributed by atoms with Crippen molar-refractivity contribution in [3.8, 4) is 0 Å². The van der Waals surface area contributed by atoms with Crippen LogP contribution in [0.15, 0.2) is 91.0 Å². The summed E-state index contributed by atoms with van der Waals surface area (Å²) in [6.45, 7) is 0. The molecule has 1 unspecified atom stereocenters. The zero-order chi connectivity index (χ0) is 20.0. The maximum absolute atomic E-state index is 13.3. The zero-order valence-corrected chi connectivity index (χ0v) is 16.6. The Hall–Kier alpha value is -2.70. The van der Waals surface area contributed by atoms with Crippen molar-refractivity contribution in [1.82, 2.24) is 0 Å². The Kier molecular flexibility index (Phi) is 6.44. The van der Waals surface area contributed by atoms with Crippen molar-refractivity contribution < 1.29 is 18.0 Å². The third-order valence-electron chi connectivity index (χ3n) is 4.75. The fourth-order valence-corrected chi connectivity index (χ4v) is 3.84. The molecule has 28 heavy (non-hydrogen) atoms. The van der Waals surface area contributed by atoms with Gasteiger partial charge < -0.3 is 8.37 Å². The number of carbonyl (C=O) groups is 2. The topological polar surface area (TPSA) is 52.6 Å². The minimum Gasteiger partial charge on any atom is -0.394 e. The minimum atomic E-state index is -1.52. The van der Waals surface area contributed by atoms with Crippen LogP contribution in [0.2, 0.25) is 0 Å². The largest absolute Gasteiger partial charge is 0.394 e. The lowest BCUT2D eigenvalue weighted by Gasteiger charge is -2.37. The summed E-state index contributed by atoms with van der Waals surface area (Å²) in [5, 5.41) is 0. The van der Waals surface area contributed by atoms with Gasteiger partial charge in [0.25, 0.3) is 0 Å². The van der Waals surface area contributed by atoms with Crippen LogP contribution >= 0.6 is 25.8 Å². The fourth-order valence-electron chi connectivity index (χ4n) is 3.59. The predicted octanol–water partition coefficient (Wildman–Crippen LogP) is 4.53. The van der Waals surface area contributed by atoms with Gasteiger partial charge in [0.05, 0.1) is 0 Å². The molecule has 0 spiro atoms. The van der Waals surface area contributed by atoms with Crippen molar-refractivity contribution in [1.29, 1.82) is 0 Å². The van der Waals surface area contributed by atoms with Crippen molar-refractivity contribution in [2.75, 3.05) is 0 Å². The standard InChI is InChI=1S/C22H18O4S2/c23-20(25-27)19(16-10-4-1-5-11-16)22(21(24)26-28,17-12-6-2-7-13-17)18-14-8-3-9-15-18/h1-15,19,27-28H. The first-order valence-corrected chi connectivity index (χ1v) is 9.26. The molecule has 0 aliphatic heterocycles. The molecule has 0 fully saturated rings. The van der Waals surface area contributed by atoms with Crippen molar-refractivity contribution in [2.24, 2.45) is 0 Å². The predicted molar refractivity (Wildman–Crippen MR) is 113 cm³/mol. The SMILES string of the molecule is O=C(OS)C(c1ccccc1)C(C(=O)OS)(c1ccccc1)c1ccccc1. The van der Waals surface area contributed by atoms with Gasteiger partial charge in [-0.1, -0.05) is 91.0 Å². The smallest absolute Gasteiger partial charge is 0.334 e. The number of hydrogen-bond acceptors (Lipinski definition) is 6. The van der Waals surface area contributed by atoms with Crippen molar-refractivity contribution in [3.63, 3.8) is 0 Å². The first-order chi connectivity index (χ1) is 13.7. The average molecular weight is 411 g/mol. The second-order valence-corrected chi connectivity index (χ2v) is 6.54. The zero-order valence-electron chi connectivity index (χ0n) is 14.8. The molecule has 0 bridgehead atoms. The van der Waals surface area contributed by atoms with Gasteiger partial charge in [0, 0.05) is 25.8 Å². The normalized spacial score (nSPS) is 12.1. The van der Waals surface area contributed by atoms with Gasteiger partial charge in [0.15, 0.2) is 0 Å². The minimum absolute atomic E-state index is 0.577. The highest BCUT2D eigenvalue weighted by Crippen LogP contribution is 2.47. The monoisotopic (exact) mass is 410 g/mol. The quantitative estimate of drug-likeness (QED) is 0.463. The molecule has 0 aliphatic carbocycles. The van der Waals surface area contributed by atoms with E-state index in [4.69, 9.17) is 8.37 Å². The van der Waals surface area contributed by atoms with E-state index in [1.165, 1.54) is 0 Å². The molecule has 3 rings (SSSR count). The molecule has 3 aromatic rings. The van der Waals surface area contributed by atoms with E-state index in [1.54, 1.807) is 72.8 Å². The van der Waals surface area contributed by atoms with E-state index in [-0.39, 0.29) is 0 Å². The molecule has 142 valence electrons. The van der Waals surface area contributed by atoms with Gasteiger partial charge >= 0.3 is 11.9 Å². The summed E-state index contributed by atoms with van der Waals surface area (Å²) in [6.07, 6.45) is 0. The van der Waals surface area contributed by atoms with E-state index in [9.17, 15) is 9.59 Å². The summed E-state index contributed by atoms with van der Waals surface area (Å²) in [4.78, 5) is 26.3. The molecule has 0 N–H and O–H groups in total. The van der Waals surface area contributed by atoms with Crippen LogP contribution in [0.25, 0.3) is 0 Å². The summed E-state index contributed by atoms with van der Waals surface area (Å²) in [5.74, 6) is -2.42. The Balaban J connectivity index is 2.42. The lowest BCUT2D eigenvalue weighted by molar-refractivity contribution is -0.146. The first-order valence-electron chi connectivity index (χ1n) is 8.53. The molecule has 0 aliphatic rings. The Labute approximate surface area is 174 Å². The molecule has 3 aromatic carbocycles. The summed E-state index contributed by atoms with van der Waals surface area (Å²) in [7, 11) is 0. The molecule has 0 radical (unpaired) electrons. The Morgan fingerprint density at radius 2 is 1.11 bits per heavy atom. The third-order valence-corrected chi connectivity index (χ3v) is 5.10. The summed E-state index contributed by atoms with van der Waals surface area (Å²) >= 11 is 7.53. The van der Waals surface area contributed by atoms with Crippen molar-refractivity contribution >= 4 is 37.8 Å². The van der Waals surface area contributed by atoms with Crippen LogP contribution in [0.1, 0.15) is 22.6 Å².